The number of nitrogens with one attached hydrogen (secondary N) is 1. The second-order valence-corrected chi connectivity index (χ2v) is 4.76. The molecule has 1 atom stereocenters. The van der Waals surface area contributed by atoms with Gasteiger partial charge in [-0.05, 0) is 32.2 Å². The van der Waals surface area contributed by atoms with Gasteiger partial charge >= 0.3 is 0 Å². The Labute approximate surface area is 108 Å². The van der Waals surface area contributed by atoms with E-state index in [1.165, 1.54) is 12.8 Å². The Balaban J connectivity index is 1.65. The summed E-state index contributed by atoms with van der Waals surface area (Å²) in [5, 5.41) is 11.5. The van der Waals surface area contributed by atoms with E-state index in [1.807, 2.05) is 0 Å². The molecule has 0 radical (unpaired) electrons. The van der Waals surface area contributed by atoms with Gasteiger partial charge in [0.25, 0.3) is 0 Å². The third-order valence-electron chi connectivity index (χ3n) is 3.16. The highest BCUT2D eigenvalue weighted by atomic mass is 16.5. The minimum Gasteiger partial charge on any atom is -0.425 e. The molecule has 2 heterocycles. The quantitative estimate of drug-likeness (QED) is 0.715. The molecule has 1 aromatic rings. The third kappa shape index (κ3) is 4.38. The van der Waals surface area contributed by atoms with Crippen molar-refractivity contribution in [3.8, 4) is 0 Å². The van der Waals surface area contributed by atoms with Crippen molar-refractivity contribution < 1.29 is 9.15 Å². The standard InChI is InChI=1S/C13H23N3O2/c1-2-8-14-9-7-13-16-15-12(18-13)6-5-11-4-3-10-17-11/h11,14H,2-10H2,1H3. The van der Waals surface area contributed by atoms with Crippen molar-refractivity contribution in [1.82, 2.24) is 15.5 Å². The molecule has 0 bridgehead atoms. The average Bonchev–Trinajstić information content (AvgIpc) is 3.03. The van der Waals surface area contributed by atoms with Crippen LogP contribution in [0.4, 0.5) is 0 Å². The maximum absolute atomic E-state index is 5.61. The predicted octanol–water partition coefficient (Wildman–Crippen LogP) is 1.72. The fourth-order valence-corrected chi connectivity index (χ4v) is 2.14. The van der Waals surface area contributed by atoms with E-state index in [4.69, 9.17) is 9.15 Å². The van der Waals surface area contributed by atoms with Gasteiger partial charge in [-0.2, -0.15) is 0 Å². The molecule has 0 aliphatic carbocycles. The van der Waals surface area contributed by atoms with Crippen LogP contribution in [0, 0.1) is 0 Å². The Bertz CT molecular complexity index is 335. The van der Waals surface area contributed by atoms with Crippen LogP contribution in [0.25, 0.3) is 0 Å². The van der Waals surface area contributed by atoms with Crippen LogP contribution in [-0.2, 0) is 17.6 Å². The number of aryl methyl sites for hydroxylation is 1. The number of hydrogen-bond donors (Lipinski definition) is 1. The van der Waals surface area contributed by atoms with E-state index in [9.17, 15) is 0 Å². The van der Waals surface area contributed by atoms with E-state index < -0.39 is 0 Å². The third-order valence-corrected chi connectivity index (χ3v) is 3.16. The largest absolute Gasteiger partial charge is 0.425 e. The van der Waals surface area contributed by atoms with Gasteiger partial charge in [-0.25, -0.2) is 0 Å². The van der Waals surface area contributed by atoms with Crippen LogP contribution in [0.1, 0.15) is 44.4 Å². The summed E-state index contributed by atoms with van der Waals surface area (Å²) in [6.45, 7) is 5.01. The molecular weight excluding hydrogens is 230 g/mol. The molecule has 5 heteroatoms. The lowest BCUT2D eigenvalue weighted by atomic mass is 10.1. The molecule has 0 spiro atoms. The van der Waals surface area contributed by atoms with E-state index in [-0.39, 0.29) is 0 Å². The maximum Gasteiger partial charge on any atom is 0.217 e. The Kier molecular flexibility index (Phi) is 5.61. The minimum atomic E-state index is 0.395. The molecular formula is C13H23N3O2. The van der Waals surface area contributed by atoms with Crippen molar-refractivity contribution in [3.05, 3.63) is 11.8 Å². The van der Waals surface area contributed by atoms with Crippen LogP contribution in [0.5, 0.6) is 0 Å². The number of aromatic nitrogens is 2. The first-order valence-electron chi connectivity index (χ1n) is 7.02. The van der Waals surface area contributed by atoms with Crippen molar-refractivity contribution in [1.29, 1.82) is 0 Å². The summed E-state index contributed by atoms with van der Waals surface area (Å²) in [4.78, 5) is 0. The lowest BCUT2D eigenvalue weighted by Gasteiger charge is -2.05. The summed E-state index contributed by atoms with van der Waals surface area (Å²) in [5.41, 5.74) is 0. The zero-order valence-electron chi connectivity index (χ0n) is 11.2. The zero-order chi connectivity index (χ0) is 12.6. The van der Waals surface area contributed by atoms with Crippen LogP contribution >= 0.6 is 0 Å². The predicted molar refractivity (Wildman–Crippen MR) is 68.5 cm³/mol. The first-order chi connectivity index (χ1) is 8.88. The van der Waals surface area contributed by atoms with Gasteiger partial charge in [-0.15, -0.1) is 10.2 Å². The first kappa shape index (κ1) is 13.5. The van der Waals surface area contributed by atoms with Crippen LogP contribution in [0.15, 0.2) is 4.42 Å². The van der Waals surface area contributed by atoms with E-state index in [0.29, 0.717) is 6.10 Å². The van der Waals surface area contributed by atoms with Gasteiger partial charge in [0.05, 0.1) is 6.10 Å². The highest BCUT2D eigenvalue weighted by Crippen LogP contribution is 2.17. The Morgan fingerprint density at radius 1 is 1.22 bits per heavy atom. The number of hydrogen-bond acceptors (Lipinski definition) is 5. The van der Waals surface area contributed by atoms with Gasteiger partial charge < -0.3 is 14.5 Å². The fourth-order valence-electron chi connectivity index (χ4n) is 2.14. The van der Waals surface area contributed by atoms with Gasteiger partial charge in [0.2, 0.25) is 11.8 Å². The molecule has 1 fully saturated rings. The molecule has 1 aliphatic heterocycles. The van der Waals surface area contributed by atoms with Crippen molar-refractivity contribution in [3.63, 3.8) is 0 Å². The Morgan fingerprint density at radius 2 is 2.06 bits per heavy atom. The van der Waals surface area contributed by atoms with Gasteiger partial charge in [0.15, 0.2) is 0 Å². The van der Waals surface area contributed by atoms with Gasteiger partial charge in [-0.3, -0.25) is 0 Å². The smallest absolute Gasteiger partial charge is 0.217 e. The molecule has 0 amide bonds. The second kappa shape index (κ2) is 7.48. The van der Waals surface area contributed by atoms with Crippen molar-refractivity contribution in [2.45, 2.75) is 51.6 Å². The molecule has 18 heavy (non-hydrogen) atoms. The summed E-state index contributed by atoms with van der Waals surface area (Å²) >= 11 is 0. The van der Waals surface area contributed by atoms with Crippen LogP contribution < -0.4 is 5.32 Å². The van der Waals surface area contributed by atoms with E-state index >= 15 is 0 Å². The summed E-state index contributed by atoms with van der Waals surface area (Å²) in [7, 11) is 0. The normalized spacial score (nSPS) is 19.5. The lowest BCUT2D eigenvalue weighted by Crippen LogP contribution is -2.17. The van der Waals surface area contributed by atoms with Gasteiger partial charge in [0, 0.05) is 26.0 Å². The molecule has 5 nitrogen and oxygen atoms in total. The zero-order valence-corrected chi connectivity index (χ0v) is 11.2. The van der Waals surface area contributed by atoms with Gasteiger partial charge in [0.1, 0.15) is 0 Å². The van der Waals surface area contributed by atoms with Crippen molar-refractivity contribution >= 4 is 0 Å². The molecule has 0 saturated carbocycles. The molecule has 1 aromatic heterocycles. The summed E-state index contributed by atoms with van der Waals surface area (Å²) in [5.74, 6) is 1.48. The van der Waals surface area contributed by atoms with Crippen LogP contribution in [-0.4, -0.2) is 36.0 Å². The highest BCUT2D eigenvalue weighted by Gasteiger charge is 2.16. The first-order valence-corrected chi connectivity index (χ1v) is 7.02. The molecule has 1 saturated heterocycles. The fraction of sp³-hybridized carbons (Fsp3) is 0.846. The van der Waals surface area contributed by atoms with Gasteiger partial charge in [-0.1, -0.05) is 6.92 Å². The average molecular weight is 253 g/mol. The number of rotatable bonds is 8. The Hall–Kier alpha value is -0.940. The van der Waals surface area contributed by atoms with E-state index in [2.05, 4.69) is 22.4 Å². The topological polar surface area (TPSA) is 60.2 Å². The number of nitrogens with zero attached hydrogens (tertiary/aromatic N) is 2. The molecule has 2 rings (SSSR count). The SMILES string of the molecule is CCCNCCc1nnc(CCC2CCCO2)o1. The highest BCUT2D eigenvalue weighted by molar-refractivity contribution is 4.84. The van der Waals surface area contributed by atoms with Crippen LogP contribution in [0.2, 0.25) is 0 Å². The van der Waals surface area contributed by atoms with Crippen LogP contribution in [0.3, 0.4) is 0 Å². The lowest BCUT2D eigenvalue weighted by molar-refractivity contribution is 0.103. The summed E-state index contributed by atoms with van der Waals surface area (Å²) < 4.78 is 11.2. The second-order valence-electron chi connectivity index (χ2n) is 4.76. The number of ether oxygens (including phenoxy) is 1. The van der Waals surface area contributed by atoms with E-state index in [1.54, 1.807) is 0 Å². The summed E-state index contributed by atoms with van der Waals surface area (Å²) in [6.07, 6.45) is 6.54. The van der Waals surface area contributed by atoms with Crippen molar-refractivity contribution in [2.75, 3.05) is 19.7 Å². The monoisotopic (exact) mass is 253 g/mol. The van der Waals surface area contributed by atoms with Crippen molar-refractivity contribution in [2.24, 2.45) is 0 Å². The molecule has 1 N–H and O–H groups in total. The minimum absolute atomic E-state index is 0.395. The molecule has 1 aliphatic rings. The molecule has 0 aromatic carbocycles. The maximum atomic E-state index is 5.61. The summed E-state index contributed by atoms with van der Waals surface area (Å²) in [6, 6.07) is 0. The molecule has 102 valence electrons. The molecule has 1 unspecified atom stereocenters. The van der Waals surface area contributed by atoms with E-state index in [0.717, 1.165) is 57.2 Å². The Morgan fingerprint density at radius 3 is 2.78 bits per heavy atom.